The van der Waals surface area contributed by atoms with Crippen LogP contribution in [0, 0.1) is 17.7 Å². The number of carbonyl (C=O) groups excluding carboxylic acids is 1. The number of hydrogen-bond acceptors (Lipinski definition) is 2. The van der Waals surface area contributed by atoms with Crippen molar-refractivity contribution in [1.29, 1.82) is 0 Å². The van der Waals surface area contributed by atoms with Crippen LogP contribution >= 0.6 is 0 Å². The standard InChI is InChI=1S/C19H27FN2O/c1-14-7-11-22(12-8-14)10-4-9-21-19(23)17-13-16(17)15-5-2-3-6-18(15)20/h2-3,5-6,14,16-17H,4,7-13H2,1H3,(H,21,23). The Morgan fingerprint density at radius 1 is 1.30 bits per heavy atom. The molecule has 1 aromatic carbocycles. The number of rotatable bonds is 6. The van der Waals surface area contributed by atoms with E-state index < -0.39 is 0 Å². The van der Waals surface area contributed by atoms with Crippen LogP contribution in [0.15, 0.2) is 24.3 Å². The predicted octanol–water partition coefficient (Wildman–Crippen LogP) is 3.17. The zero-order chi connectivity index (χ0) is 16.2. The molecular formula is C19H27FN2O. The number of benzene rings is 1. The average Bonchev–Trinajstić information content (AvgIpc) is 3.34. The molecule has 126 valence electrons. The van der Waals surface area contributed by atoms with Crippen molar-refractivity contribution >= 4 is 5.91 Å². The van der Waals surface area contributed by atoms with Crippen LogP contribution in [-0.2, 0) is 4.79 Å². The number of nitrogens with one attached hydrogen (secondary N) is 1. The number of piperidine rings is 1. The Kier molecular flexibility index (Phi) is 5.31. The zero-order valence-corrected chi connectivity index (χ0v) is 13.9. The fraction of sp³-hybridized carbons (Fsp3) is 0.632. The predicted molar refractivity (Wildman–Crippen MR) is 89.7 cm³/mol. The molecule has 1 aliphatic carbocycles. The summed E-state index contributed by atoms with van der Waals surface area (Å²) in [6.07, 6.45) is 4.35. The summed E-state index contributed by atoms with van der Waals surface area (Å²) in [5.74, 6) is 0.788. The maximum atomic E-state index is 13.7. The van der Waals surface area contributed by atoms with Gasteiger partial charge >= 0.3 is 0 Å². The lowest BCUT2D eigenvalue weighted by Crippen LogP contribution is -2.35. The lowest BCUT2D eigenvalue weighted by atomic mass is 9.99. The number of carbonyl (C=O) groups is 1. The number of nitrogens with zero attached hydrogens (tertiary/aromatic N) is 1. The smallest absolute Gasteiger partial charge is 0.223 e. The third kappa shape index (κ3) is 4.31. The van der Waals surface area contributed by atoms with Crippen LogP contribution in [0.5, 0.6) is 0 Å². The second-order valence-electron chi connectivity index (χ2n) is 7.14. The molecule has 1 heterocycles. The van der Waals surface area contributed by atoms with E-state index in [9.17, 15) is 9.18 Å². The molecule has 1 amide bonds. The van der Waals surface area contributed by atoms with Gasteiger partial charge in [0.25, 0.3) is 0 Å². The minimum atomic E-state index is -0.188. The second kappa shape index (κ2) is 7.43. The first-order valence-electron chi connectivity index (χ1n) is 8.89. The molecule has 3 nitrogen and oxygen atoms in total. The van der Waals surface area contributed by atoms with Gasteiger partial charge in [0, 0.05) is 12.5 Å². The fourth-order valence-electron chi connectivity index (χ4n) is 3.54. The second-order valence-corrected chi connectivity index (χ2v) is 7.14. The number of hydrogen-bond donors (Lipinski definition) is 1. The van der Waals surface area contributed by atoms with Gasteiger partial charge in [-0.15, -0.1) is 0 Å². The minimum absolute atomic E-state index is 0.0391. The Bertz CT molecular complexity index is 540. The summed E-state index contributed by atoms with van der Waals surface area (Å²) in [6.45, 7) is 6.49. The van der Waals surface area contributed by atoms with Crippen LogP contribution in [-0.4, -0.2) is 37.0 Å². The maximum Gasteiger partial charge on any atom is 0.223 e. The van der Waals surface area contributed by atoms with E-state index in [0.717, 1.165) is 31.8 Å². The van der Waals surface area contributed by atoms with Crippen LogP contribution in [0.2, 0.25) is 0 Å². The van der Waals surface area contributed by atoms with Crippen molar-refractivity contribution in [2.24, 2.45) is 11.8 Å². The van der Waals surface area contributed by atoms with Crippen molar-refractivity contribution in [2.45, 2.75) is 38.5 Å². The average molecular weight is 318 g/mol. The van der Waals surface area contributed by atoms with E-state index in [4.69, 9.17) is 0 Å². The molecule has 23 heavy (non-hydrogen) atoms. The van der Waals surface area contributed by atoms with Crippen molar-refractivity contribution in [2.75, 3.05) is 26.2 Å². The highest BCUT2D eigenvalue weighted by Crippen LogP contribution is 2.48. The molecule has 1 N–H and O–H groups in total. The van der Waals surface area contributed by atoms with E-state index in [1.54, 1.807) is 12.1 Å². The van der Waals surface area contributed by atoms with Crippen LogP contribution < -0.4 is 5.32 Å². The Morgan fingerprint density at radius 2 is 2.04 bits per heavy atom. The molecule has 0 spiro atoms. The van der Waals surface area contributed by atoms with Gasteiger partial charge in [0.15, 0.2) is 0 Å². The molecule has 1 saturated carbocycles. The van der Waals surface area contributed by atoms with Crippen LogP contribution in [0.1, 0.15) is 44.1 Å². The summed E-state index contributed by atoms with van der Waals surface area (Å²) in [5, 5.41) is 3.02. The van der Waals surface area contributed by atoms with Gasteiger partial charge in [-0.05, 0) is 68.8 Å². The van der Waals surface area contributed by atoms with Crippen molar-refractivity contribution in [1.82, 2.24) is 10.2 Å². The lowest BCUT2D eigenvalue weighted by molar-refractivity contribution is -0.122. The van der Waals surface area contributed by atoms with Gasteiger partial charge in [0.05, 0.1) is 0 Å². The Balaban J connectivity index is 1.34. The molecule has 3 rings (SSSR count). The first-order chi connectivity index (χ1) is 11.1. The van der Waals surface area contributed by atoms with Gasteiger partial charge in [-0.25, -0.2) is 4.39 Å². The molecule has 1 aliphatic heterocycles. The quantitative estimate of drug-likeness (QED) is 0.817. The van der Waals surface area contributed by atoms with Crippen molar-refractivity contribution in [3.63, 3.8) is 0 Å². The molecule has 2 aliphatic rings. The summed E-state index contributed by atoms with van der Waals surface area (Å²) in [7, 11) is 0. The summed E-state index contributed by atoms with van der Waals surface area (Å²) >= 11 is 0. The van der Waals surface area contributed by atoms with E-state index in [0.29, 0.717) is 5.56 Å². The Hall–Kier alpha value is -1.42. The molecular weight excluding hydrogens is 291 g/mol. The topological polar surface area (TPSA) is 32.3 Å². The molecule has 1 saturated heterocycles. The van der Waals surface area contributed by atoms with E-state index in [1.807, 2.05) is 6.07 Å². The normalized spacial score (nSPS) is 25.3. The van der Waals surface area contributed by atoms with Crippen LogP contribution in [0.25, 0.3) is 0 Å². The van der Waals surface area contributed by atoms with E-state index in [1.165, 1.54) is 32.0 Å². The van der Waals surface area contributed by atoms with Crippen molar-refractivity contribution in [3.8, 4) is 0 Å². The maximum absolute atomic E-state index is 13.7. The Morgan fingerprint density at radius 3 is 2.78 bits per heavy atom. The highest BCUT2D eigenvalue weighted by atomic mass is 19.1. The molecule has 2 unspecified atom stereocenters. The highest BCUT2D eigenvalue weighted by molar-refractivity contribution is 5.82. The summed E-state index contributed by atoms with van der Waals surface area (Å²) in [4.78, 5) is 14.6. The molecule has 0 bridgehead atoms. The van der Waals surface area contributed by atoms with Crippen LogP contribution in [0.3, 0.4) is 0 Å². The lowest BCUT2D eigenvalue weighted by Gasteiger charge is -2.30. The van der Waals surface area contributed by atoms with E-state index in [2.05, 4.69) is 17.1 Å². The van der Waals surface area contributed by atoms with Crippen molar-refractivity contribution < 1.29 is 9.18 Å². The van der Waals surface area contributed by atoms with Crippen molar-refractivity contribution in [3.05, 3.63) is 35.6 Å². The molecule has 1 aromatic rings. The summed E-state index contributed by atoms with van der Waals surface area (Å²) in [6, 6.07) is 6.80. The zero-order valence-electron chi connectivity index (χ0n) is 13.9. The van der Waals surface area contributed by atoms with Gasteiger partial charge < -0.3 is 10.2 Å². The molecule has 2 atom stereocenters. The minimum Gasteiger partial charge on any atom is -0.356 e. The van der Waals surface area contributed by atoms with E-state index >= 15 is 0 Å². The molecule has 0 aromatic heterocycles. The van der Waals surface area contributed by atoms with Gasteiger partial charge in [0.1, 0.15) is 5.82 Å². The number of likely N-dealkylation sites (tertiary alicyclic amines) is 1. The third-order valence-corrected chi connectivity index (χ3v) is 5.26. The first kappa shape index (κ1) is 16.4. The monoisotopic (exact) mass is 318 g/mol. The SMILES string of the molecule is CC1CCN(CCCNC(=O)C2CC2c2ccccc2F)CC1. The van der Waals surface area contributed by atoms with Gasteiger partial charge in [-0.3, -0.25) is 4.79 Å². The number of amides is 1. The summed E-state index contributed by atoms with van der Waals surface area (Å²) in [5.41, 5.74) is 0.690. The largest absolute Gasteiger partial charge is 0.356 e. The third-order valence-electron chi connectivity index (χ3n) is 5.26. The molecule has 0 radical (unpaired) electrons. The van der Waals surface area contributed by atoms with Gasteiger partial charge in [-0.1, -0.05) is 25.1 Å². The van der Waals surface area contributed by atoms with Gasteiger partial charge in [-0.2, -0.15) is 0 Å². The first-order valence-corrected chi connectivity index (χ1v) is 8.89. The van der Waals surface area contributed by atoms with Gasteiger partial charge in [0.2, 0.25) is 5.91 Å². The van der Waals surface area contributed by atoms with E-state index in [-0.39, 0.29) is 23.6 Å². The molecule has 4 heteroatoms. The number of halogens is 1. The highest BCUT2D eigenvalue weighted by Gasteiger charge is 2.44. The molecule has 2 fully saturated rings. The Labute approximate surface area is 138 Å². The van der Waals surface area contributed by atoms with Crippen LogP contribution in [0.4, 0.5) is 4.39 Å². The summed E-state index contributed by atoms with van der Waals surface area (Å²) < 4.78 is 13.7. The fourth-order valence-corrected chi connectivity index (χ4v) is 3.54.